The Bertz CT molecular complexity index is 1130. The first kappa shape index (κ1) is 29.0. The molecular weight excluding hydrogens is 495 g/mol. The molecule has 2 aromatic carbocycles. The lowest BCUT2D eigenvalue weighted by atomic mass is 9.69. The number of nitriles is 1. The third-order valence-electron chi connectivity index (χ3n) is 7.16. The van der Waals surface area contributed by atoms with E-state index in [1.807, 2.05) is 44.2 Å². The van der Waals surface area contributed by atoms with E-state index in [1.165, 1.54) is 18.2 Å². The van der Waals surface area contributed by atoms with Crippen molar-refractivity contribution in [2.75, 3.05) is 6.54 Å². The van der Waals surface area contributed by atoms with Gasteiger partial charge in [-0.05, 0) is 54.9 Å². The van der Waals surface area contributed by atoms with Gasteiger partial charge in [-0.2, -0.15) is 5.26 Å². The highest BCUT2D eigenvalue weighted by Gasteiger charge is 2.36. The summed E-state index contributed by atoms with van der Waals surface area (Å²) in [6.07, 6.45) is -1.31. The van der Waals surface area contributed by atoms with Gasteiger partial charge < -0.3 is 15.0 Å². The molecule has 0 saturated carbocycles. The third kappa shape index (κ3) is 7.50. The molecule has 1 fully saturated rings. The second-order valence-electron chi connectivity index (χ2n) is 9.97. The zero-order valence-corrected chi connectivity index (χ0v) is 21.8. The Morgan fingerprint density at radius 3 is 2.53 bits per heavy atom. The summed E-state index contributed by atoms with van der Waals surface area (Å²) in [7, 11) is 0. The van der Waals surface area contributed by atoms with Gasteiger partial charge in [0.2, 0.25) is 11.8 Å². The number of rotatable bonds is 11. The van der Waals surface area contributed by atoms with E-state index in [4.69, 9.17) is 0 Å². The highest BCUT2D eigenvalue weighted by Crippen LogP contribution is 2.37. The summed E-state index contributed by atoms with van der Waals surface area (Å²) in [4.78, 5) is 27.4. The second kappa shape index (κ2) is 12.8. The van der Waals surface area contributed by atoms with Gasteiger partial charge in [-0.15, -0.1) is 13.2 Å². The molecule has 3 rings (SSSR count). The Morgan fingerprint density at radius 2 is 1.87 bits per heavy atom. The first-order valence-corrected chi connectivity index (χ1v) is 12.9. The third-order valence-corrected chi connectivity index (χ3v) is 7.16. The molecule has 2 amide bonds. The minimum Gasteiger partial charge on any atom is -0.406 e. The number of amides is 2. The molecule has 0 aliphatic carbocycles. The van der Waals surface area contributed by atoms with Gasteiger partial charge in [-0.1, -0.05) is 62.7 Å². The number of ether oxygens (including phenoxy) is 1. The molecule has 0 aromatic heterocycles. The molecule has 9 heteroatoms. The van der Waals surface area contributed by atoms with Gasteiger partial charge in [0.15, 0.2) is 0 Å². The van der Waals surface area contributed by atoms with Crippen LogP contribution in [-0.2, 0) is 21.5 Å². The molecule has 204 valence electrons. The topological polar surface area (TPSA) is 82.4 Å². The number of nitrogens with one attached hydrogen (secondary N) is 1. The lowest BCUT2D eigenvalue weighted by molar-refractivity contribution is -0.274. The van der Waals surface area contributed by atoms with Gasteiger partial charge in [0.05, 0.1) is 11.5 Å². The largest absolute Gasteiger partial charge is 0.573 e. The van der Waals surface area contributed by atoms with E-state index in [9.17, 15) is 28.0 Å². The zero-order valence-electron chi connectivity index (χ0n) is 21.8. The van der Waals surface area contributed by atoms with Crippen LogP contribution in [0.3, 0.4) is 0 Å². The number of carbonyl (C=O) groups excluding carboxylic acids is 2. The fourth-order valence-electron chi connectivity index (χ4n) is 5.07. The smallest absolute Gasteiger partial charge is 0.406 e. The van der Waals surface area contributed by atoms with Crippen LogP contribution in [-0.4, -0.2) is 35.7 Å². The van der Waals surface area contributed by atoms with E-state index in [-0.39, 0.29) is 36.4 Å². The van der Waals surface area contributed by atoms with Crippen LogP contribution in [0.25, 0.3) is 0 Å². The van der Waals surface area contributed by atoms with E-state index in [0.29, 0.717) is 44.2 Å². The summed E-state index contributed by atoms with van der Waals surface area (Å²) in [6, 6.07) is 17.1. The number of hydrogen-bond acceptors (Lipinski definition) is 4. The van der Waals surface area contributed by atoms with Crippen molar-refractivity contribution in [3.63, 3.8) is 0 Å². The SMILES string of the molecule is CC(C)C(C#N)(CCCCC(=O)N1CCC[C@@H]1C(=O)NCc1cccc(OC(F)(F)F)c1)c1ccccc1. The summed E-state index contributed by atoms with van der Waals surface area (Å²) in [6.45, 7) is 4.59. The lowest BCUT2D eigenvalue weighted by Gasteiger charge is -2.31. The number of carbonyl (C=O) groups is 2. The van der Waals surface area contributed by atoms with E-state index in [0.717, 1.165) is 5.56 Å². The number of alkyl halides is 3. The monoisotopic (exact) mass is 529 g/mol. The minimum absolute atomic E-state index is 0.0252. The summed E-state index contributed by atoms with van der Waals surface area (Å²) < 4.78 is 41.3. The summed E-state index contributed by atoms with van der Waals surface area (Å²) in [5.74, 6) is -0.675. The predicted octanol–water partition coefficient (Wildman–Crippen LogP) is 5.87. The maximum Gasteiger partial charge on any atom is 0.573 e. The molecular formula is C29H34F3N3O3. The normalized spacial score (nSPS) is 17.1. The highest BCUT2D eigenvalue weighted by molar-refractivity contribution is 5.88. The van der Waals surface area contributed by atoms with Gasteiger partial charge in [0, 0.05) is 19.5 Å². The van der Waals surface area contributed by atoms with Crippen molar-refractivity contribution < 1.29 is 27.5 Å². The van der Waals surface area contributed by atoms with E-state index in [1.54, 1.807) is 11.0 Å². The Morgan fingerprint density at radius 1 is 1.13 bits per heavy atom. The Balaban J connectivity index is 1.51. The molecule has 1 unspecified atom stereocenters. The van der Waals surface area contributed by atoms with Gasteiger partial charge in [0.25, 0.3) is 0 Å². The van der Waals surface area contributed by atoms with Crippen molar-refractivity contribution in [2.45, 2.75) is 76.7 Å². The van der Waals surface area contributed by atoms with Crippen LogP contribution < -0.4 is 10.1 Å². The Hall–Kier alpha value is -3.54. The maximum absolute atomic E-state index is 13.0. The van der Waals surface area contributed by atoms with Crippen LogP contribution in [0, 0.1) is 17.2 Å². The van der Waals surface area contributed by atoms with Gasteiger partial charge in [-0.3, -0.25) is 9.59 Å². The summed E-state index contributed by atoms with van der Waals surface area (Å²) in [5, 5.41) is 12.8. The van der Waals surface area contributed by atoms with Crippen molar-refractivity contribution in [1.82, 2.24) is 10.2 Å². The van der Waals surface area contributed by atoms with Crippen LogP contribution in [0.1, 0.15) is 63.5 Å². The second-order valence-corrected chi connectivity index (χ2v) is 9.97. The van der Waals surface area contributed by atoms with Crippen molar-refractivity contribution in [1.29, 1.82) is 5.26 Å². The lowest BCUT2D eigenvalue weighted by Crippen LogP contribution is -2.45. The van der Waals surface area contributed by atoms with E-state index < -0.39 is 17.8 Å². The Labute approximate surface area is 221 Å². The number of halogens is 3. The predicted molar refractivity (Wildman–Crippen MR) is 137 cm³/mol. The van der Waals surface area contributed by atoms with Crippen molar-refractivity contribution >= 4 is 11.8 Å². The number of unbranched alkanes of at least 4 members (excludes halogenated alkanes) is 1. The fourth-order valence-corrected chi connectivity index (χ4v) is 5.07. The standard InChI is InChI=1S/C29H34F3N3O3/c1-21(2)28(20-33,23-11-4-3-5-12-23)16-7-6-15-26(36)35-17-9-14-25(35)27(37)34-19-22-10-8-13-24(18-22)38-29(30,31)32/h3-5,8,10-13,18,21,25H,6-7,9,14-17,19H2,1-2H3,(H,34,37)/t25-,28?/m1/s1. The summed E-state index contributed by atoms with van der Waals surface area (Å²) in [5.41, 5.74) is 0.819. The molecule has 1 aliphatic rings. The van der Waals surface area contributed by atoms with Crippen LogP contribution >= 0.6 is 0 Å². The molecule has 1 heterocycles. The quantitative estimate of drug-likeness (QED) is 0.369. The first-order valence-electron chi connectivity index (χ1n) is 12.9. The minimum atomic E-state index is -4.79. The molecule has 0 spiro atoms. The molecule has 0 radical (unpaired) electrons. The van der Waals surface area contributed by atoms with Crippen LogP contribution in [0.4, 0.5) is 13.2 Å². The van der Waals surface area contributed by atoms with Crippen molar-refractivity contribution in [3.05, 3.63) is 65.7 Å². The van der Waals surface area contributed by atoms with Crippen LogP contribution in [0.2, 0.25) is 0 Å². The molecule has 2 aromatic rings. The summed E-state index contributed by atoms with van der Waals surface area (Å²) >= 11 is 0. The van der Waals surface area contributed by atoms with Gasteiger partial charge >= 0.3 is 6.36 Å². The highest BCUT2D eigenvalue weighted by atomic mass is 19.4. The van der Waals surface area contributed by atoms with Gasteiger partial charge in [0.1, 0.15) is 11.8 Å². The molecule has 2 atom stereocenters. The molecule has 0 bridgehead atoms. The van der Waals surface area contributed by atoms with Crippen molar-refractivity contribution in [2.24, 2.45) is 5.92 Å². The molecule has 38 heavy (non-hydrogen) atoms. The fraction of sp³-hybridized carbons (Fsp3) is 0.483. The van der Waals surface area contributed by atoms with Crippen LogP contribution in [0.5, 0.6) is 5.75 Å². The first-order chi connectivity index (χ1) is 18.1. The van der Waals surface area contributed by atoms with Crippen molar-refractivity contribution in [3.8, 4) is 11.8 Å². The van der Waals surface area contributed by atoms with Gasteiger partial charge in [-0.25, -0.2) is 0 Å². The number of benzene rings is 2. The molecule has 1 saturated heterocycles. The maximum atomic E-state index is 13.0. The molecule has 6 nitrogen and oxygen atoms in total. The van der Waals surface area contributed by atoms with E-state index >= 15 is 0 Å². The number of nitrogens with zero attached hydrogens (tertiary/aromatic N) is 2. The zero-order chi connectivity index (χ0) is 27.8. The van der Waals surface area contributed by atoms with E-state index in [2.05, 4.69) is 16.1 Å². The molecule has 1 N–H and O–H groups in total. The average molecular weight is 530 g/mol. The Kier molecular flexibility index (Phi) is 9.78. The van der Waals surface area contributed by atoms with Crippen LogP contribution in [0.15, 0.2) is 54.6 Å². The number of likely N-dealkylation sites (tertiary alicyclic amines) is 1. The number of hydrogen-bond donors (Lipinski definition) is 1. The average Bonchev–Trinajstić information content (AvgIpc) is 3.37. The molecule has 1 aliphatic heterocycles.